The third-order valence-electron chi connectivity index (χ3n) is 4.91. The monoisotopic (exact) mass is 418 g/mol. The lowest BCUT2D eigenvalue weighted by atomic mass is 10.1. The second-order valence-electron chi connectivity index (χ2n) is 7.24. The van der Waals surface area contributed by atoms with Gasteiger partial charge in [-0.2, -0.15) is 0 Å². The summed E-state index contributed by atoms with van der Waals surface area (Å²) in [5.41, 5.74) is 3.42. The fraction of sp³-hybridized carbons (Fsp3) is 0.478. The third kappa shape index (κ3) is 6.89. The van der Waals surface area contributed by atoms with Crippen LogP contribution in [0.1, 0.15) is 23.6 Å². The maximum absolute atomic E-state index is 6.54. The van der Waals surface area contributed by atoms with E-state index < -0.39 is 0 Å². The van der Waals surface area contributed by atoms with E-state index in [9.17, 15) is 0 Å². The lowest BCUT2D eigenvalue weighted by molar-refractivity contribution is 0.0384. The summed E-state index contributed by atoms with van der Waals surface area (Å²) in [5, 5.41) is 4.07. The van der Waals surface area contributed by atoms with E-state index in [1.807, 2.05) is 19.1 Å². The van der Waals surface area contributed by atoms with Gasteiger partial charge in [0.25, 0.3) is 0 Å². The summed E-state index contributed by atoms with van der Waals surface area (Å²) in [6, 6.07) is 12.3. The Bertz CT molecular complexity index is 761. The average molecular weight is 419 g/mol. The molecule has 6 heteroatoms. The summed E-state index contributed by atoms with van der Waals surface area (Å²) in [6.45, 7) is 11.4. The van der Waals surface area contributed by atoms with E-state index in [1.54, 1.807) is 0 Å². The van der Waals surface area contributed by atoms with Gasteiger partial charge in [-0.05, 0) is 37.1 Å². The van der Waals surface area contributed by atoms with E-state index >= 15 is 0 Å². The number of rotatable bonds is 10. The van der Waals surface area contributed by atoms with Gasteiger partial charge in [-0.1, -0.05) is 41.4 Å². The van der Waals surface area contributed by atoms with Gasteiger partial charge >= 0.3 is 0 Å². The Morgan fingerprint density at radius 1 is 1.07 bits per heavy atom. The largest absolute Gasteiger partial charge is 0.490 e. The van der Waals surface area contributed by atoms with Crippen LogP contribution < -0.4 is 14.8 Å². The molecule has 1 saturated heterocycles. The summed E-state index contributed by atoms with van der Waals surface area (Å²) in [5.74, 6) is 1.29. The molecule has 0 spiro atoms. The molecule has 2 aromatic rings. The second-order valence-corrected chi connectivity index (χ2v) is 7.65. The first kappa shape index (κ1) is 21.9. The van der Waals surface area contributed by atoms with Gasteiger partial charge in [0.1, 0.15) is 6.61 Å². The van der Waals surface area contributed by atoms with Gasteiger partial charge < -0.3 is 19.5 Å². The molecule has 1 aliphatic heterocycles. The molecular formula is C23H31ClN2O3. The summed E-state index contributed by atoms with van der Waals surface area (Å²) < 4.78 is 17.2. The van der Waals surface area contributed by atoms with E-state index in [2.05, 4.69) is 41.4 Å². The number of benzene rings is 2. The highest BCUT2D eigenvalue weighted by Crippen LogP contribution is 2.37. The normalized spacial score (nSPS) is 14.7. The lowest BCUT2D eigenvalue weighted by Crippen LogP contribution is -2.40. The topological polar surface area (TPSA) is 43.0 Å². The fourth-order valence-electron chi connectivity index (χ4n) is 3.26. The maximum atomic E-state index is 6.54. The predicted octanol–water partition coefficient (Wildman–Crippen LogP) is 4.05. The van der Waals surface area contributed by atoms with Crippen LogP contribution in [0.15, 0.2) is 36.4 Å². The van der Waals surface area contributed by atoms with Crippen LogP contribution in [0, 0.1) is 6.92 Å². The Morgan fingerprint density at radius 2 is 1.83 bits per heavy atom. The van der Waals surface area contributed by atoms with Gasteiger partial charge in [-0.25, -0.2) is 0 Å². The van der Waals surface area contributed by atoms with Gasteiger partial charge in [0.2, 0.25) is 0 Å². The van der Waals surface area contributed by atoms with Gasteiger partial charge in [-0.3, -0.25) is 4.90 Å². The van der Waals surface area contributed by atoms with Crippen LogP contribution in [0.3, 0.4) is 0 Å². The molecule has 0 saturated carbocycles. The third-order valence-corrected chi connectivity index (χ3v) is 5.19. The van der Waals surface area contributed by atoms with Crippen molar-refractivity contribution < 1.29 is 14.2 Å². The zero-order chi connectivity index (χ0) is 20.5. The zero-order valence-corrected chi connectivity index (χ0v) is 18.1. The Labute approximate surface area is 178 Å². The first-order valence-corrected chi connectivity index (χ1v) is 10.7. The highest BCUT2D eigenvalue weighted by atomic mass is 35.5. The number of hydrogen-bond donors (Lipinski definition) is 1. The minimum atomic E-state index is 0.456. The van der Waals surface area contributed by atoms with E-state index in [-0.39, 0.29) is 0 Å². The highest BCUT2D eigenvalue weighted by Gasteiger charge is 2.14. The molecule has 2 aromatic carbocycles. The van der Waals surface area contributed by atoms with Gasteiger partial charge in [0.15, 0.2) is 11.5 Å². The molecule has 0 atom stereocenters. The van der Waals surface area contributed by atoms with Crippen molar-refractivity contribution in [1.29, 1.82) is 0 Å². The summed E-state index contributed by atoms with van der Waals surface area (Å²) in [7, 11) is 0. The Balaban J connectivity index is 1.57. The van der Waals surface area contributed by atoms with Crippen molar-refractivity contribution in [3.05, 3.63) is 58.1 Å². The van der Waals surface area contributed by atoms with Crippen molar-refractivity contribution in [3.8, 4) is 11.5 Å². The second kappa shape index (κ2) is 11.4. The zero-order valence-electron chi connectivity index (χ0n) is 17.4. The summed E-state index contributed by atoms with van der Waals surface area (Å²) >= 11 is 6.54. The molecule has 1 N–H and O–H groups in total. The smallest absolute Gasteiger partial charge is 0.180 e. The summed E-state index contributed by atoms with van der Waals surface area (Å²) in [6.07, 6.45) is 0. The number of nitrogens with one attached hydrogen (secondary N) is 1. The molecule has 0 unspecified atom stereocenters. The molecule has 158 valence electrons. The first-order chi connectivity index (χ1) is 14.2. The Kier molecular flexibility index (Phi) is 8.62. The standard InChI is InChI=1S/C23H31ClN2O3/c1-3-28-22-15-20(16-25-8-9-26-10-12-27-13-11-26)14-21(24)23(22)29-17-19-6-4-18(2)5-7-19/h4-7,14-15,25H,3,8-13,16-17H2,1-2H3. The fourth-order valence-corrected chi connectivity index (χ4v) is 3.55. The van der Waals surface area contributed by atoms with Crippen molar-refractivity contribution in [3.63, 3.8) is 0 Å². The quantitative estimate of drug-likeness (QED) is 0.589. The van der Waals surface area contributed by atoms with Crippen LogP contribution in [-0.4, -0.2) is 50.9 Å². The van der Waals surface area contributed by atoms with Crippen LogP contribution in [0.5, 0.6) is 11.5 Å². The van der Waals surface area contributed by atoms with Crippen molar-refractivity contribution in [2.45, 2.75) is 27.0 Å². The number of ether oxygens (including phenoxy) is 3. The molecule has 3 rings (SSSR count). The predicted molar refractivity (Wildman–Crippen MR) is 117 cm³/mol. The minimum Gasteiger partial charge on any atom is -0.490 e. The van der Waals surface area contributed by atoms with Crippen molar-refractivity contribution in [2.24, 2.45) is 0 Å². The van der Waals surface area contributed by atoms with Gasteiger partial charge in [0, 0.05) is 32.7 Å². The Hall–Kier alpha value is -1.79. The van der Waals surface area contributed by atoms with E-state index in [0.717, 1.165) is 57.1 Å². The van der Waals surface area contributed by atoms with Gasteiger partial charge in [-0.15, -0.1) is 0 Å². The van der Waals surface area contributed by atoms with E-state index in [1.165, 1.54) is 5.56 Å². The lowest BCUT2D eigenvalue weighted by Gasteiger charge is -2.26. The van der Waals surface area contributed by atoms with E-state index in [0.29, 0.717) is 29.7 Å². The molecule has 0 amide bonds. The highest BCUT2D eigenvalue weighted by molar-refractivity contribution is 6.32. The molecule has 0 radical (unpaired) electrons. The number of aryl methyl sites for hydroxylation is 1. The van der Waals surface area contributed by atoms with Crippen LogP contribution in [0.4, 0.5) is 0 Å². The van der Waals surface area contributed by atoms with Crippen molar-refractivity contribution in [1.82, 2.24) is 10.2 Å². The molecule has 1 fully saturated rings. The number of nitrogens with zero attached hydrogens (tertiary/aromatic N) is 1. The number of halogens is 1. The first-order valence-electron chi connectivity index (χ1n) is 10.3. The molecule has 0 aliphatic carbocycles. The van der Waals surface area contributed by atoms with Crippen molar-refractivity contribution in [2.75, 3.05) is 46.0 Å². The molecule has 5 nitrogen and oxygen atoms in total. The SMILES string of the molecule is CCOc1cc(CNCCN2CCOCC2)cc(Cl)c1OCc1ccc(C)cc1. The minimum absolute atomic E-state index is 0.456. The molecule has 29 heavy (non-hydrogen) atoms. The van der Waals surface area contributed by atoms with Crippen LogP contribution in [0.25, 0.3) is 0 Å². The summed E-state index contributed by atoms with van der Waals surface area (Å²) in [4.78, 5) is 2.41. The molecular weight excluding hydrogens is 388 g/mol. The number of hydrogen-bond acceptors (Lipinski definition) is 5. The molecule has 1 heterocycles. The molecule has 1 aliphatic rings. The number of morpholine rings is 1. The molecule has 0 bridgehead atoms. The van der Waals surface area contributed by atoms with Crippen LogP contribution in [-0.2, 0) is 17.9 Å². The van der Waals surface area contributed by atoms with Gasteiger partial charge in [0.05, 0.1) is 24.8 Å². The van der Waals surface area contributed by atoms with Crippen molar-refractivity contribution >= 4 is 11.6 Å². The van der Waals surface area contributed by atoms with Crippen LogP contribution in [0.2, 0.25) is 5.02 Å². The molecule has 0 aromatic heterocycles. The van der Waals surface area contributed by atoms with E-state index in [4.69, 9.17) is 25.8 Å². The maximum Gasteiger partial charge on any atom is 0.180 e. The van der Waals surface area contributed by atoms with Crippen LogP contribution >= 0.6 is 11.6 Å². The Morgan fingerprint density at radius 3 is 2.55 bits per heavy atom. The average Bonchev–Trinajstić information content (AvgIpc) is 2.73.